The molecule has 3 rings (SSSR count). The van der Waals surface area contributed by atoms with E-state index in [2.05, 4.69) is 4.90 Å². The standard InChI is InChI=1S/C16H22FNO/c17-14-10-12(7-8-16(14)19)11-18-9-3-5-13-4-1-2-6-15(13)18/h7-8,10,13,15,19H,1-6,9,11H2. The zero-order valence-electron chi connectivity index (χ0n) is 11.3. The van der Waals surface area contributed by atoms with Gasteiger partial charge in [-0.3, -0.25) is 4.90 Å². The lowest BCUT2D eigenvalue weighted by atomic mass is 9.78. The molecule has 0 bridgehead atoms. The van der Waals surface area contributed by atoms with Gasteiger partial charge in [0.1, 0.15) is 0 Å². The smallest absolute Gasteiger partial charge is 0.165 e. The van der Waals surface area contributed by atoms with Crippen molar-refractivity contribution in [2.24, 2.45) is 5.92 Å². The van der Waals surface area contributed by atoms with E-state index in [0.29, 0.717) is 6.04 Å². The Kier molecular flexibility index (Phi) is 3.74. The molecule has 104 valence electrons. The molecule has 19 heavy (non-hydrogen) atoms. The van der Waals surface area contributed by atoms with Crippen molar-refractivity contribution in [1.82, 2.24) is 4.90 Å². The van der Waals surface area contributed by atoms with Crippen LogP contribution in [0.1, 0.15) is 44.1 Å². The van der Waals surface area contributed by atoms with Crippen LogP contribution in [0.4, 0.5) is 4.39 Å². The van der Waals surface area contributed by atoms with Crippen molar-refractivity contribution in [3.8, 4) is 5.75 Å². The Morgan fingerprint density at radius 1 is 1.16 bits per heavy atom. The van der Waals surface area contributed by atoms with Crippen LogP contribution < -0.4 is 0 Å². The molecule has 2 nitrogen and oxygen atoms in total. The maximum atomic E-state index is 13.4. The minimum atomic E-state index is -0.505. The molecule has 0 radical (unpaired) electrons. The number of rotatable bonds is 2. The summed E-state index contributed by atoms with van der Waals surface area (Å²) in [7, 11) is 0. The minimum absolute atomic E-state index is 0.252. The number of halogens is 1. The Morgan fingerprint density at radius 2 is 1.95 bits per heavy atom. The lowest BCUT2D eigenvalue weighted by Gasteiger charge is -2.44. The Bertz CT molecular complexity index is 446. The molecule has 0 amide bonds. The molecular weight excluding hydrogens is 241 g/mol. The summed E-state index contributed by atoms with van der Waals surface area (Å²) in [6, 6.07) is 5.47. The van der Waals surface area contributed by atoms with Crippen LogP contribution in [0.5, 0.6) is 5.75 Å². The second-order valence-electron chi connectivity index (χ2n) is 6.01. The van der Waals surface area contributed by atoms with Gasteiger partial charge < -0.3 is 5.11 Å². The van der Waals surface area contributed by atoms with E-state index >= 15 is 0 Å². The summed E-state index contributed by atoms with van der Waals surface area (Å²) in [5.74, 6) is 0.0945. The fraction of sp³-hybridized carbons (Fsp3) is 0.625. The molecule has 3 heteroatoms. The summed E-state index contributed by atoms with van der Waals surface area (Å²) >= 11 is 0. The van der Waals surface area contributed by atoms with Gasteiger partial charge in [-0.25, -0.2) is 4.39 Å². The maximum Gasteiger partial charge on any atom is 0.165 e. The van der Waals surface area contributed by atoms with E-state index in [1.807, 2.05) is 6.07 Å². The molecule has 0 aromatic heterocycles. The third-order valence-corrected chi connectivity index (χ3v) is 4.76. The molecular formula is C16H22FNO. The molecule has 1 aliphatic carbocycles. The van der Waals surface area contributed by atoms with Gasteiger partial charge in [-0.15, -0.1) is 0 Å². The molecule has 1 aromatic rings. The minimum Gasteiger partial charge on any atom is -0.505 e. The quantitative estimate of drug-likeness (QED) is 0.879. The lowest BCUT2D eigenvalue weighted by molar-refractivity contribution is 0.0546. The maximum absolute atomic E-state index is 13.4. The highest BCUT2D eigenvalue weighted by molar-refractivity contribution is 5.28. The largest absolute Gasteiger partial charge is 0.505 e. The van der Waals surface area contributed by atoms with Crippen LogP contribution in [0, 0.1) is 11.7 Å². The van der Waals surface area contributed by atoms with E-state index in [0.717, 1.165) is 24.6 Å². The van der Waals surface area contributed by atoms with E-state index in [4.69, 9.17) is 0 Å². The molecule has 2 unspecified atom stereocenters. The lowest BCUT2D eigenvalue weighted by Crippen LogP contribution is -2.46. The van der Waals surface area contributed by atoms with Crippen LogP contribution >= 0.6 is 0 Å². The van der Waals surface area contributed by atoms with Gasteiger partial charge in [-0.2, -0.15) is 0 Å². The summed E-state index contributed by atoms with van der Waals surface area (Å²) in [5, 5.41) is 9.25. The molecule has 1 aromatic carbocycles. The van der Waals surface area contributed by atoms with Crippen molar-refractivity contribution in [2.45, 2.75) is 51.1 Å². The zero-order valence-corrected chi connectivity index (χ0v) is 11.3. The van der Waals surface area contributed by atoms with Gasteiger partial charge in [0.05, 0.1) is 0 Å². The Morgan fingerprint density at radius 3 is 2.79 bits per heavy atom. The summed E-state index contributed by atoms with van der Waals surface area (Å²) in [4.78, 5) is 2.53. The van der Waals surface area contributed by atoms with Crippen LogP contribution in [-0.2, 0) is 6.54 Å². The van der Waals surface area contributed by atoms with E-state index in [1.165, 1.54) is 50.7 Å². The molecule has 1 saturated heterocycles. The number of likely N-dealkylation sites (tertiary alicyclic amines) is 1. The van der Waals surface area contributed by atoms with Crippen LogP contribution in [0.3, 0.4) is 0 Å². The Hall–Kier alpha value is -1.09. The average molecular weight is 263 g/mol. The second-order valence-corrected chi connectivity index (χ2v) is 6.01. The van der Waals surface area contributed by atoms with E-state index in [-0.39, 0.29) is 5.75 Å². The highest BCUT2D eigenvalue weighted by Crippen LogP contribution is 2.36. The van der Waals surface area contributed by atoms with Crippen LogP contribution in [-0.4, -0.2) is 22.6 Å². The van der Waals surface area contributed by atoms with Crippen molar-refractivity contribution < 1.29 is 9.50 Å². The van der Waals surface area contributed by atoms with Gasteiger partial charge in [-0.1, -0.05) is 18.9 Å². The van der Waals surface area contributed by atoms with E-state index in [1.54, 1.807) is 0 Å². The Balaban J connectivity index is 1.72. The molecule has 2 fully saturated rings. The fourth-order valence-electron chi connectivity index (χ4n) is 3.81. The molecule has 1 saturated carbocycles. The third kappa shape index (κ3) is 2.76. The monoisotopic (exact) mass is 263 g/mol. The first-order valence-corrected chi connectivity index (χ1v) is 7.45. The van der Waals surface area contributed by atoms with Crippen molar-refractivity contribution in [2.75, 3.05) is 6.54 Å². The first kappa shape index (κ1) is 12.9. The van der Waals surface area contributed by atoms with Crippen molar-refractivity contribution in [1.29, 1.82) is 0 Å². The predicted octanol–water partition coefficient (Wildman–Crippen LogP) is 3.69. The summed E-state index contributed by atoms with van der Waals surface area (Å²) in [6.07, 6.45) is 8.01. The number of benzene rings is 1. The number of piperidine rings is 1. The molecule has 1 aliphatic heterocycles. The SMILES string of the molecule is Oc1ccc(CN2CCCC3CCCCC32)cc1F. The number of hydrogen-bond donors (Lipinski definition) is 1. The van der Waals surface area contributed by atoms with Crippen molar-refractivity contribution in [3.05, 3.63) is 29.6 Å². The van der Waals surface area contributed by atoms with Gasteiger partial charge >= 0.3 is 0 Å². The number of nitrogens with zero attached hydrogens (tertiary/aromatic N) is 1. The molecule has 2 aliphatic rings. The second kappa shape index (κ2) is 5.49. The van der Waals surface area contributed by atoms with Gasteiger partial charge in [-0.05, 0) is 55.8 Å². The summed E-state index contributed by atoms with van der Waals surface area (Å²) in [6.45, 7) is 1.95. The number of hydrogen-bond acceptors (Lipinski definition) is 2. The van der Waals surface area contributed by atoms with E-state index in [9.17, 15) is 9.50 Å². The molecule has 1 heterocycles. The Labute approximate surface area is 114 Å². The highest BCUT2D eigenvalue weighted by Gasteiger charge is 2.32. The predicted molar refractivity (Wildman–Crippen MR) is 73.5 cm³/mol. The molecule has 2 atom stereocenters. The first-order valence-electron chi connectivity index (χ1n) is 7.45. The number of aromatic hydroxyl groups is 1. The van der Waals surface area contributed by atoms with Crippen molar-refractivity contribution >= 4 is 0 Å². The number of phenols is 1. The van der Waals surface area contributed by atoms with Crippen LogP contribution in [0.2, 0.25) is 0 Å². The first-order chi connectivity index (χ1) is 9.24. The summed E-state index contributed by atoms with van der Waals surface area (Å²) < 4.78 is 13.4. The van der Waals surface area contributed by atoms with Gasteiger partial charge in [0.2, 0.25) is 0 Å². The third-order valence-electron chi connectivity index (χ3n) is 4.76. The van der Waals surface area contributed by atoms with Gasteiger partial charge in [0.25, 0.3) is 0 Å². The summed E-state index contributed by atoms with van der Waals surface area (Å²) in [5.41, 5.74) is 0.974. The van der Waals surface area contributed by atoms with Gasteiger partial charge in [0.15, 0.2) is 11.6 Å². The molecule has 0 spiro atoms. The average Bonchev–Trinajstić information content (AvgIpc) is 2.43. The van der Waals surface area contributed by atoms with Crippen LogP contribution in [0.25, 0.3) is 0 Å². The molecule has 1 N–H and O–H groups in total. The number of phenolic OH excluding ortho intramolecular Hbond substituents is 1. The normalized spacial score (nSPS) is 28.1. The highest BCUT2D eigenvalue weighted by atomic mass is 19.1. The van der Waals surface area contributed by atoms with Crippen LogP contribution in [0.15, 0.2) is 18.2 Å². The van der Waals surface area contributed by atoms with Crippen molar-refractivity contribution in [3.63, 3.8) is 0 Å². The topological polar surface area (TPSA) is 23.5 Å². The fourth-order valence-corrected chi connectivity index (χ4v) is 3.81. The number of fused-ring (bicyclic) bond motifs is 1. The zero-order chi connectivity index (χ0) is 13.2. The van der Waals surface area contributed by atoms with E-state index < -0.39 is 5.82 Å². The van der Waals surface area contributed by atoms with Gasteiger partial charge in [0, 0.05) is 12.6 Å².